The van der Waals surface area contributed by atoms with Crippen molar-refractivity contribution in [2.45, 2.75) is 89.1 Å². The van der Waals surface area contributed by atoms with Crippen molar-refractivity contribution in [1.29, 1.82) is 0 Å². The van der Waals surface area contributed by atoms with E-state index in [9.17, 15) is 0 Å². The minimum absolute atomic E-state index is 0.424. The molecule has 1 nitrogen and oxygen atoms in total. The van der Waals surface area contributed by atoms with Gasteiger partial charge < -0.3 is 5.32 Å². The lowest BCUT2D eigenvalue weighted by Crippen LogP contribution is -2.60. The zero-order valence-electron chi connectivity index (χ0n) is 16.4. The van der Waals surface area contributed by atoms with Gasteiger partial charge in [0.15, 0.2) is 0 Å². The molecule has 0 saturated heterocycles. The summed E-state index contributed by atoms with van der Waals surface area (Å²) in [5.74, 6) is 2.80. The van der Waals surface area contributed by atoms with E-state index < -0.39 is 0 Å². The maximum absolute atomic E-state index is 6.19. The van der Waals surface area contributed by atoms with Crippen molar-refractivity contribution in [3.05, 3.63) is 34.9 Å². The molecule has 5 saturated carbocycles. The fourth-order valence-corrected chi connectivity index (χ4v) is 8.00. The van der Waals surface area contributed by atoms with E-state index in [0.717, 1.165) is 28.8 Å². The minimum Gasteiger partial charge on any atom is -0.311 e. The fourth-order valence-electron chi connectivity index (χ4n) is 7.87. The molecule has 0 spiro atoms. The van der Waals surface area contributed by atoms with Crippen LogP contribution in [-0.4, -0.2) is 12.1 Å². The molecule has 0 unspecified atom stereocenters. The first-order valence-electron chi connectivity index (χ1n) is 11.0. The first-order valence-corrected chi connectivity index (χ1v) is 11.4. The van der Waals surface area contributed by atoms with Gasteiger partial charge in [0, 0.05) is 17.1 Å². The van der Waals surface area contributed by atoms with E-state index >= 15 is 0 Å². The Labute approximate surface area is 164 Å². The van der Waals surface area contributed by atoms with Gasteiger partial charge in [-0.2, -0.15) is 0 Å². The highest BCUT2D eigenvalue weighted by Gasteiger charge is 2.59. The molecule has 0 aliphatic heterocycles. The topological polar surface area (TPSA) is 12.0 Å². The highest BCUT2D eigenvalue weighted by atomic mass is 35.5. The number of hydrogen-bond donors (Lipinski definition) is 1. The van der Waals surface area contributed by atoms with Crippen molar-refractivity contribution in [2.24, 2.45) is 23.2 Å². The van der Waals surface area contributed by atoms with Crippen LogP contribution in [0.5, 0.6) is 0 Å². The highest BCUT2D eigenvalue weighted by molar-refractivity contribution is 6.30. The summed E-state index contributed by atoms with van der Waals surface area (Å²) in [7, 11) is 0. The van der Waals surface area contributed by atoms with E-state index in [0.29, 0.717) is 16.9 Å². The van der Waals surface area contributed by atoms with Gasteiger partial charge in [0.1, 0.15) is 0 Å². The molecule has 2 heteroatoms. The lowest BCUT2D eigenvalue weighted by atomic mass is 9.41. The van der Waals surface area contributed by atoms with Gasteiger partial charge in [-0.15, -0.1) is 0 Å². The summed E-state index contributed by atoms with van der Waals surface area (Å²) in [5, 5.41) is 5.00. The molecule has 5 fully saturated rings. The summed E-state index contributed by atoms with van der Waals surface area (Å²) in [6.45, 7) is 4.94. The van der Waals surface area contributed by atoms with Gasteiger partial charge in [-0.25, -0.2) is 0 Å². The van der Waals surface area contributed by atoms with E-state index in [-0.39, 0.29) is 0 Å². The normalized spacial score (nSPS) is 45.2. The third-order valence-electron chi connectivity index (χ3n) is 8.66. The predicted molar refractivity (Wildman–Crippen MR) is 110 cm³/mol. The summed E-state index contributed by atoms with van der Waals surface area (Å²) in [5.41, 5.74) is 2.52. The lowest BCUT2D eigenvalue weighted by Gasteiger charge is -2.64. The largest absolute Gasteiger partial charge is 0.311 e. The molecular weight excluding hydrogens is 338 g/mol. The molecule has 4 bridgehead atoms. The molecule has 6 rings (SSSR count). The molecular formula is C24H34ClN. The third-order valence-corrected chi connectivity index (χ3v) is 8.91. The van der Waals surface area contributed by atoms with Crippen LogP contribution in [0.1, 0.15) is 77.2 Å². The SMILES string of the molecule is C[C@@H]1CC[C@@H](N[C@@H](C)C23C[C@@H]4C[C@H](CC(c5ccc(Cl)cc5)(C4)C2)C3)C1. The van der Waals surface area contributed by atoms with Crippen LogP contribution in [0.2, 0.25) is 5.02 Å². The Morgan fingerprint density at radius 3 is 2.31 bits per heavy atom. The first-order chi connectivity index (χ1) is 12.5. The number of hydrogen-bond acceptors (Lipinski definition) is 1. The van der Waals surface area contributed by atoms with Crippen LogP contribution in [-0.2, 0) is 5.41 Å². The van der Waals surface area contributed by atoms with E-state index in [4.69, 9.17) is 11.6 Å². The van der Waals surface area contributed by atoms with Gasteiger partial charge >= 0.3 is 0 Å². The van der Waals surface area contributed by atoms with Crippen LogP contribution in [0.4, 0.5) is 0 Å². The van der Waals surface area contributed by atoms with Gasteiger partial charge in [0.05, 0.1) is 0 Å². The van der Waals surface area contributed by atoms with Gasteiger partial charge in [-0.05, 0) is 111 Å². The summed E-state index contributed by atoms with van der Waals surface area (Å²) in [6, 6.07) is 10.3. The Balaban J connectivity index is 1.42. The second kappa shape index (κ2) is 6.24. The molecule has 0 heterocycles. The summed E-state index contributed by atoms with van der Waals surface area (Å²) in [4.78, 5) is 0. The lowest BCUT2D eigenvalue weighted by molar-refractivity contribution is -0.0895. The van der Waals surface area contributed by atoms with Crippen molar-refractivity contribution < 1.29 is 0 Å². The molecule has 5 aliphatic carbocycles. The zero-order chi connectivity index (χ0) is 17.9. The molecule has 0 aromatic heterocycles. The Morgan fingerprint density at radius 1 is 1.00 bits per heavy atom. The molecule has 5 atom stereocenters. The molecule has 1 aromatic rings. The maximum Gasteiger partial charge on any atom is 0.0406 e. The Morgan fingerprint density at radius 2 is 1.69 bits per heavy atom. The predicted octanol–water partition coefficient (Wildman–Crippen LogP) is 6.34. The average molecular weight is 372 g/mol. The first kappa shape index (κ1) is 17.6. The summed E-state index contributed by atoms with van der Waals surface area (Å²) < 4.78 is 0. The van der Waals surface area contributed by atoms with Crippen LogP contribution in [0.15, 0.2) is 24.3 Å². The van der Waals surface area contributed by atoms with Gasteiger partial charge in [-0.1, -0.05) is 30.7 Å². The van der Waals surface area contributed by atoms with Crippen LogP contribution in [0.25, 0.3) is 0 Å². The standard InChI is InChI=1S/C24H34ClN/c1-16-3-8-22(9-16)26-17(2)23-11-18-10-19(12-23)14-24(13-18,15-23)20-4-6-21(25)7-5-20/h4-7,16-19,22,26H,3,8-15H2,1-2H3/t16-,17+,18+,19+,22-,23?,24?/m1/s1. The summed E-state index contributed by atoms with van der Waals surface area (Å²) in [6.07, 6.45) is 12.8. The third kappa shape index (κ3) is 2.85. The monoisotopic (exact) mass is 371 g/mol. The average Bonchev–Trinajstić information content (AvgIpc) is 2.99. The van der Waals surface area contributed by atoms with Gasteiger partial charge in [0.25, 0.3) is 0 Å². The van der Waals surface area contributed by atoms with Gasteiger partial charge in [-0.3, -0.25) is 0 Å². The highest BCUT2D eigenvalue weighted by Crippen LogP contribution is 2.66. The van der Waals surface area contributed by atoms with E-state index in [1.165, 1.54) is 57.8 Å². The number of halogens is 1. The Kier molecular flexibility index (Phi) is 4.22. The van der Waals surface area contributed by atoms with Gasteiger partial charge in [0.2, 0.25) is 0 Å². The van der Waals surface area contributed by atoms with Crippen molar-refractivity contribution in [2.75, 3.05) is 0 Å². The van der Waals surface area contributed by atoms with Crippen LogP contribution < -0.4 is 5.32 Å². The molecule has 0 amide bonds. The molecule has 142 valence electrons. The minimum atomic E-state index is 0.424. The van der Waals surface area contributed by atoms with E-state index in [1.54, 1.807) is 5.56 Å². The Hall–Kier alpha value is -0.530. The smallest absolute Gasteiger partial charge is 0.0406 e. The fraction of sp³-hybridized carbons (Fsp3) is 0.750. The Bertz CT molecular complexity index is 651. The van der Waals surface area contributed by atoms with Crippen molar-refractivity contribution in [3.8, 4) is 0 Å². The number of benzene rings is 1. The number of rotatable bonds is 4. The van der Waals surface area contributed by atoms with E-state index in [2.05, 4.69) is 43.4 Å². The van der Waals surface area contributed by atoms with E-state index in [1.807, 2.05) is 0 Å². The second-order valence-corrected chi connectivity index (χ2v) is 11.1. The molecule has 1 N–H and O–H groups in total. The second-order valence-electron chi connectivity index (χ2n) is 10.6. The molecule has 5 aliphatic rings. The van der Waals surface area contributed by atoms with Crippen molar-refractivity contribution >= 4 is 11.6 Å². The number of nitrogens with one attached hydrogen (secondary N) is 1. The van der Waals surface area contributed by atoms with Crippen LogP contribution in [0.3, 0.4) is 0 Å². The zero-order valence-corrected chi connectivity index (χ0v) is 17.2. The van der Waals surface area contributed by atoms with Crippen LogP contribution >= 0.6 is 11.6 Å². The van der Waals surface area contributed by atoms with Crippen molar-refractivity contribution in [3.63, 3.8) is 0 Å². The molecule has 0 radical (unpaired) electrons. The molecule has 1 aromatic carbocycles. The quantitative estimate of drug-likeness (QED) is 0.650. The molecule has 26 heavy (non-hydrogen) atoms. The maximum atomic E-state index is 6.19. The van der Waals surface area contributed by atoms with Crippen molar-refractivity contribution in [1.82, 2.24) is 5.32 Å². The van der Waals surface area contributed by atoms with Crippen LogP contribution in [0, 0.1) is 23.2 Å². The summed E-state index contributed by atoms with van der Waals surface area (Å²) >= 11 is 6.19.